The van der Waals surface area contributed by atoms with Crippen LogP contribution in [0.25, 0.3) is 0 Å². The van der Waals surface area contributed by atoms with E-state index in [1.807, 2.05) is 0 Å². The molecule has 130 valence electrons. The summed E-state index contributed by atoms with van der Waals surface area (Å²) in [6.07, 6.45) is 0.210. The van der Waals surface area contributed by atoms with Gasteiger partial charge >= 0.3 is 0 Å². The number of ether oxygens (including phenoxy) is 2. The molecule has 1 aliphatic rings. The lowest BCUT2D eigenvalue weighted by molar-refractivity contribution is -0.0265. The Balaban J connectivity index is 2.17. The maximum Gasteiger partial charge on any atom is 0.246 e. The molecule has 6 nitrogen and oxygen atoms in total. The van der Waals surface area contributed by atoms with Crippen molar-refractivity contribution in [3.63, 3.8) is 0 Å². The van der Waals surface area contributed by atoms with Crippen molar-refractivity contribution in [1.29, 1.82) is 0 Å². The first kappa shape index (κ1) is 18.3. The second-order valence-corrected chi connectivity index (χ2v) is 7.43. The van der Waals surface area contributed by atoms with Gasteiger partial charge < -0.3 is 14.6 Å². The van der Waals surface area contributed by atoms with E-state index in [-0.39, 0.29) is 36.6 Å². The summed E-state index contributed by atoms with van der Waals surface area (Å²) in [5, 5.41) is 9.41. The number of aliphatic hydroxyl groups is 1. The fourth-order valence-electron chi connectivity index (χ4n) is 2.65. The van der Waals surface area contributed by atoms with Gasteiger partial charge in [0.15, 0.2) is 0 Å². The first-order valence-corrected chi connectivity index (χ1v) is 8.89. The van der Waals surface area contributed by atoms with Crippen molar-refractivity contribution in [2.24, 2.45) is 5.92 Å². The summed E-state index contributed by atoms with van der Waals surface area (Å²) in [6, 6.07) is 5.29. The number of methoxy groups -OCH3 is 1. The van der Waals surface area contributed by atoms with E-state index >= 15 is 0 Å². The summed E-state index contributed by atoms with van der Waals surface area (Å²) in [5.41, 5.74) is 0. The second-order valence-electron chi connectivity index (χ2n) is 5.52. The lowest BCUT2D eigenvalue weighted by atomic mass is 9.98. The van der Waals surface area contributed by atoms with Crippen LogP contribution in [0.2, 0.25) is 0 Å². The summed E-state index contributed by atoms with van der Waals surface area (Å²) >= 11 is 0. The van der Waals surface area contributed by atoms with Gasteiger partial charge in [-0.1, -0.05) is 12.1 Å². The number of benzene rings is 1. The Bertz CT molecular complexity index is 610. The van der Waals surface area contributed by atoms with Gasteiger partial charge in [0.05, 0.1) is 19.3 Å². The third-order valence-corrected chi connectivity index (χ3v) is 5.68. The quantitative estimate of drug-likeness (QED) is 0.741. The van der Waals surface area contributed by atoms with Crippen molar-refractivity contribution in [2.75, 3.05) is 40.0 Å². The lowest BCUT2D eigenvalue weighted by Crippen LogP contribution is -2.48. The molecule has 1 aromatic rings. The molecule has 1 aromatic carbocycles. The average molecular weight is 347 g/mol. The largest absolute Gasteiger partial charge is 0.396 e. The van der Waals surface area contributed by atoms with Crippen LogP contribution in [0.3, 0.4) is 0 Å². The number of nitrogens with zero attached hydrogens (tertiary/aromatic N) is 1. The van der Waals surface area contributed by atoms with Gasteiger partial charge in [-0.15, -0.1) is 0 Å². The van der Waals surface area contributed by atoms with Gasteiger partial charge in [0.2, 0.25) is 10.0 Å². The first-order chi connectivity index (χ1) is 11.0. The molecule has 1 saturated heterocycles. The Kier molecular flexibility index (Phi) is 6.49. The number of halogens is 1. The smallest absolute Gasteiger partial charge is 0.246 e. The zero-order valence-electron chi connectivity index (χ0n) is 13.0. The monoisotopic (exact) mass is 347 g/mol. The number of aliphatic hydroxyl groups excluding tert-OH is 1. The second kappa shape index (κ2) is 8.16. The standard InChI is InChI=1S/C15H22FNO5S/c1-21-6-7-22-13-8-12(11-18)9-17(10-13)23(19,20)15-5-3-2-4-14(15)16/h2-5,12-13,18H,6-11H2,1H3/t12-,13+/m1/s1. The molecule has 0 spiro atoms. The zero-order valence-corrected chi connectivity index (χ0v) is 13.8. The third kappa shape index (κ3) is 4.48. The minimum Gasteiger partial charge on any atom is -0.396 e. The number of hydrogen-bond donors (Lipinski definition) is 1. The van der Waals surface area contributed by atoms with Gasteiger partial charge in [-0.25, -0.2) is 12.8 Å². The molecule has 2 rings (SSSR count). The molecule has 1 aliphatic heterocycles. The fraction of sp³-hybridized carbons (Fsp3) is 0.600. The van der Waals surface area contributed by atoms with Gasteiger partial charge in [0.25, 0.3) is 0 Å². The number of piperidine rings is 1. The van der Waals surface area contributed by atoms with Crippen molar-refractivity contribution in [1.82, 2.24) is 4.31 Å². The van der Waals surface area contributed by atoms with E-state index in [1.54, 1.807) is 7.11 Å². The highest BCUT2D eigenvalue weighted by atomic mass is 32.2. The zero-order chi connectivity index (χ0) is 16.9. The van der Waals surface area contributed by atoms with E-state index in [4.69, 9.17) is 9.47 Å². The first-order valence-electron chi connectivity index (χ1n) is 7.45. The van der Waals surface area contributed by atoms with Crippen molar-refractivity contribution < 1.29 is 27.4 Å². The van der Waals surface area contributed by atoms with E-state index < -0.39 is 15.8 Å². The molecule has 0 saturated carbocycles. The molecular formula is C15H22FNO5S. The third-order valence-electron chi connectivity index (χ3n) is 3.82. The lowest BCUT2D eigenvalue weighted by Gasteiger charge is -2.36. The maximum absolute atomic E-state index is 13.9. The highest BCUT2D eigenvalue weighted by Crippen LogP contribution is 2.26. The maximum atomic E-state index is 13.9. The summed E-state index contributed by atoms with van der Waals surface area (Å²) in [4.78, 5) is -0.353. The number of hydrogen-bond acceptors (Lipinski definition) is 5. The minimum atomic E-state index is -3.96. The average Bonchev–Trinajstić information content (AvgIpc) is 2.55. The minimum absolute atomic E-state index is 0.136. The Labute approximate surface area is 135 Å². The van der Waals surface area contributed by atoms with Crippen LogP contribution >= 0.6 is 0 Å². The predicted octanol–water partition coefficient (Wildman–Crippen LogP) is 0.860. The molecule has 0 radical (unpaired) electrons. The van der Waals surface area contributed by atoms with E-state index in [0.717, 1.165) is 6.07 Å². The van der Waals surface area contributed by atoms with Crippen molar-refractivity contribution in [2.45, 2.75) is 17.4 Å². The molecule has 0 aromatic heterocycles. The van der Waals surface area contributed by atoms with Crippen molar-refractivity contribution in [3.8, 4) is 0 Å². The molecule has 0 amide bonds. The van der Waals surface area contributed by atoms with Gasteiger partial charge in [-0.05, 0) is 24.5 Å². The van der Waals surface area contributed by atoms with E-state index in [0.29, 0.717) is 19.6 Å². The van der Waals surface area contributed by atoms with E-state index in [9.17, 15) is 17.9 Å². The Morgan fingerprint density at radius 1 is 1.30 bits per heavy atom. The van der Waals surface area contributed by atoms with Crippen LogP contribution in [0.5, 0.6) is 0 Å². The molecule has 1 fully saturated rings. The highest BCUT2D eigenvalue weighted by Gasteiger charge is 2.36. The molecular weight excluding hydrogens is 325 g/mol. The van der Waals surface area contributed by atoms with Gasteiger partial charge in [0.1, 0.15) is 10.7 Å². The fourth-order valence-corrected chi connectivity index (χ4v) is 4.26. The van der Waals surface area contributed by atoms with Gasteiger partial charge in [-0.3, -0.25) is 0 Å². The summed E-state index contributed by atoms with van der Waals surface area (Å²) in [7, 11) is -2.41. The SMILES string of the molecule is COCCO[C@H]1C[C@@H](CO)CN(S(=O)(=O)c2ccccc2F)C1. The topological polar surface area (TPSA) is 76.1 Å². The summed E-state index contributed by atoms with van der Waals surface area (Å²) in [6.45, 7) is 0.884. The molecule has 1 heterocycles. The van der Waals surface area contributed by atoms with E-state index in [1.165, 1.54) is 22.5 Å². The van der Waals surface area contributed by atoms with Crippen LogP contribution in [0, 0.1) is 11.7 Å². The van der Waals surface area contributed by atoms with Crippen LogP contribution in [-0.4, -0.2) is 64.0 Å². The Morgan fingerprint density at radius 3 is 2.70 bits per heavy atom. The van der Waals surface area contributed by atoms with Crippen molar-refractivity contribution in [3.05, 3.63) is 30.1 Å². The summed E-state index contributed by atoms with van der Waals surface area (Å²) in [5.74, 6) is -1.02. The summed E-state index contributed by atoms with van der Waals surface area (Å²) < 4.78 is 50.9. The highest BCUT2D eigenvalue weighted by molar-refractivity contribution is 7.89. The van der Waals surface area contributed by atoms with Crippen LogP contribution in [-0.2, 0) is 19.5 Å². The molecule has 8 heteroatoms. The molecule has 0 bridgehead atoms. The molecule has 0 unspecified atom stereocenters. The molecule has 23 heavy (non-hydrogen) atoms. The van der Waals surface area contributed by atoms with Crippen molar-refractivity contribution >= 4 is 10.0 Å². The number of sulfonamides is 1. The van der Waals surface area contributed by atoms with Gasteiger partial charge in [-0.2, -0.15) is 4.31 Å². The molecule has 1 N–H and O–H groups in total. The molecule has 2 atom stereocenters. The van der Waals surface area contributed by atoms with E-state index in [2.05, 4.69) is 0 Å². The molecule has 0 aliphatic carbocycles. The van der Waals surface area contributed by atoms with Gasteiger partial charge in [0, 0.05) is 26.8 Å². The van der Waals surface area contributed by atoms with Crippen LogP contribution in [0.4, 0.5) is 4.39 Å². The predicted molar refractivity (Wildman–Crippen MR) is 82.0 cm³/mol. The Hall–Kier alpha value is -1.06. The normalized spacial score (nSPS) is 23.1. The number of rotatable bonds is 7. The van der Waals surface area contributed by atoms with Crippen LogP contribution < -0.4 is 0 Å². The van der Waals surface area contributed by atoms with Crippen LogP contribution in [0.1, 0.15) is 6.42 Å². The van der Waals surface area contributed by atoms with Crippen LogP contribution in [0.15, 0.2) is 29.2 Å². The Morgan fingerprint density at radius 2 is 2.04 bits per heavy atom.